The first kappa shape index (κ1) is 10.5. The van der Waals surface area contributed by atoms with Crippen LogP contribution in [0.4, 0.5) is 5.69 Å². The van der Waals surface area contributed by atoms with Gasteiger partial charge in [-0.05, 0) is 36.8 Å². The molecule has 1 aromatic carbocycles. The molecule has 0 spiro atoms. The van der Waals surface area contributed by atoms with E-state index in [2.05, 4.69) is 22.7 Å². The SMILES string of the molecule is C/C(=N\NC(N)=S)c1cccc(N)c1. The molecule has 0 aliphatic heterocycles. The van der Waals surface area contributed by atoms with E-state index in [0.29, 0.717) is 5.69 Å². The van der Waals surface area contributed by atoms with Crippen molar-refractivity contribution in [3.63, 3.8) is 0 Å². The molecule has 74 valence electrons. The van der Waals surface area contributed by atoms with Gasteiger partial charge in [0, 0.05) is 5.69 Å². The number of nitrogens with one attached hydrogen (secondary N) is 1. The molecule has 5 heteroatoms. The summed E-state index contributed by atoms with van der Waals surface area (Å²) in [7, 11) is 0. The van der Waals surface area contributed by atoms with E-state index in [1.54, 1.807) is 0 Å². The van der Waals surface area contributed by atoms with Crippen molar-refractivity contribution in [2.24, 2.45) is 10.8 Å². The van der Waals surface area contributed by atoms with Crippen LogP contribution in [0.2, 0.25) is 0 Å². The van der Waals surface area contributed by atoms with E-state index in [1.807, 2.05) is 31.2 Å². The van der Waals surface area contributed by atoms with E-state index in [-0.39, 0.29) is 5.11 Å². The van der Waals surface area contributed by atoms with E-state index >= 15 is 0 Å². The van der Waals surface area contributed by atoms with Gasteiger partial charge in [0.2, 0.25) is 0 Å². The van der Waals surface area contributed by atoms with Crippen molar-refractivity contribution in [1.29, 1.82) is 0 Å². The summed E-state index contributed by atoms with van der Waals surface area (Å²) in [5, 5.41) is 4.13. The van der Waals surface area contributed by atoms with E-state index in [4.69, 9.17) is 11.5 Å². The third-order valence-corrected chi connectivity index (χ3v) is 1.73. The van der Waals surface area contributed by atoms with Gasteiger partial charge < -0.3 is 11.5 Å². The summed E-state index contributed by atoms with van der Waals surface area (Å²) in [4.78, 5) is 0. The summed E-state index contributed by atoms with van der Waals surface area (Å²) in [5.74, 6) is 0. The summed E-state index contributed by atoms with van der Waals surface area (Å²) >= 11 is 4.62. The Hall–Kier alpha value is -1.62. The van der Waals surface area contributed by atoms with Gasteiger partial charge in [0.1, 0.15) is 0 Å². The second kappa shape index (κ2) is 4.57. The quantitative estimate of drug-likeness (QED) is 0.291. The Morgan fingerprint density at radius 2 is 2.21 bits per heavy atom. The van der Waals surface area contributed by atoms with Crippen LogP contribution in [0.3, 0.4) is 0 Å². The van der Waals surface area contributed by atoms with Gasteiger partial charge in [-0.25, -0.2) is 0 Å². The lowest BCUT2D eigenvalue weighted by atomic mass is 10.1. The molecule has 0 saturated carbocycles. The molecule has 0 saturated heterocycles. The van der Waals surface area contributed by atoms with Crippen LogP contribution in [-0.4, -0.2) is 10.8 Å². The topological polar surface area (TPSA) is 76.4 Å². The molecule has 1 rings (SSSR count). The Balaban J connectivity index is 2.83. The van der Waals surface area contributed by atoms with Crippen LogP contribution < -0.4 is 16.9 Å². The van der Waals surface area contributed by atoms with Gasteiger partial charge in [-0.3, -0.25) is 5.43 Å². The first-order valence-electron chi connectivity index (χ1n) is 4.05. The second-order valence-corrected chi connectivity index (χ2v) is 3.24. The first-order valence-corrected chi connectivity index (χ1v) is 4.46. The standard InChI is InChI=1S/C9H12N4S/c1-6(12-13-9(11)14)7-3-2-4-8(10)5-7/h2-5H,10H2,1H3,(H3,11,13,14)/b12-6+. The maximum absolute atomic E-state index is 5.63. The molecule has 0 aromatic heterocycles. The first-order chi connectivity index (χ1) is 6.59. The van der Waals surface area contributed by atoms with Gasteiger partial charge in [-0.15, -0.1) is 0 Å². The van der Waals surface area contributed by atoms with Crippen LogP contribution in [0.1, 0.15) is 12.5 Å². The Kier molecular flexibility index (Phi) is 3.41. The van der Waals surface area contributed by atoms with Crippen LogP contribution in [0, 0.1) is 0 Å². The number of hydrogen-bond donors (Lipinski definition) is 3. The summed E-state index contributed by atoms with van der Waals surface area (Å²) in [6.07, 6.45) is 0. The lowest BCUT2D eigenvalue weighted by Gasteiger charge is -2.02. The second-order valence-electron chi connectivity index (χ2n) is 2.80. The number of rotatable bonds is 2. The van der Waals surface area contributed by atoms with Gasteiger partial charge in [0.25, 0.3) is 0 Å². The minimum atomic E-state index is 0.147. The lowest BCUT2D eigenvalue weighted by Crippen LogP contribution is -2.25. The molecule has 0 fully saturated rings. The summed E-state index contributed by atoms with van der Waals surface area (Å²) in [6.45, 7) is 1.85. The molecular formula is C9H12N4S. The fourth-order valence-corrected chi connectivity index (χ4v) is 1.01. The number of benzene rings is 1. The summed E-state index contributed by atoms with van der Waals surface area (Å²) in [5.41, 5.74) is 15.8. The minimum absolute atomic E-state index is 0.147. The summed E-state index contributed by atoms with van der Waals surface area (Å²) in [6, 6.07) is 7.43. The Morgan fingerprint density at radius 3 is 2.79 bits per heavy atom. The number of nitrogens with zero attached hydrogens (tertiary/aromatic N) is 1. The monoisotopic (exact) mass is 208 g/mol. The number of thiocarbonyl (C=S) groups is 1. The van der Waals surface area contributed by atoms with Gasteiger partial charge >= 0.3 is 0 Å². The fraction of sp³-hybridized carbons (Fsp3) is 0.111. The van der Waals surface area contributed by atoms with Crippen LogP contribution in [0.15, 0.2) is 29.4 Å². The minimum Gasteiger partial charge on any atom is -0.399 e. The van der Waals surface area contributed by atoms with Gasteiger partial charge in [-0.2, -0.15) is 5.10 Å². The maximum Gasteiger partial charge on any atom is 0.184 e. The van der Waals surface area contributed by atoms with Crippen molar-refractivity contribution in [2.45, 2.75) is 6.92 Å². The third kappa shape index (κ3) is 3.02. The predicted octanol–water partition coefficient (Wildman–Crippen LogP) is 0.826. The number of nitrogens with two attached hydrogens (primary N) is 2. The van der Waals surface area contributed by atoms with E-state index in [1.165, 1.54) is 0 Å². The molecule has 0 unspecified atom stereocenters. The molecule has 5 N–H and O–H groups in total. The molecule has 0 heterocycles. The average molecular weight is 208 g/mol. The average Bonchev–Trinajstić information content (AvgIpc) is 2.14. The van der Waals surface area contributed by atoms with Crippen LogP contribution in [0.25, 0.3) is 0 Å². The highest BCUT2D eigenvalue weighted by atomic mass is 32.1. The molecule has 0 aliphatic carbocycles. The highest BCUT2D eigenvalue weighted by Gasteiger charge is 1.97. The Bertz CT molecular complexity index is 373. The van der Waals surface area contributed by atoms with Gasteiger partial charge in [0.15, 0.2) is 5.11 Å². The molecule has 1 aromatic rings. The van der Waals surface area contributed by atoms with Crippen molar-refractivity contribution in [2.75, 3.05) is 5.73 Å². The van der Waals surface area contributed by atoms with Crippen molar-refractivity contribution >= 4 is 28.7 Å². The number of nitrogen functional groups attached to an aromatic ring is 1. The molecule has 0 amide bonds. The normalized spacial score (nSPS) is 11.1. The number of hydrogen-bond acceptors (Lipinski definition) is 3. The van der Waals surface area contributed by atoms with Crippen molar-refractivity contribution in [1.82, 2.24) is 5.43 Å². The third-order valence-electron chi connectivity index (χ3n) is 1.64. The van der Waals surface area contributed by atoms with Gasteiger partial charge in [-0.1, -0.05) is 12.1 Å². The zero-order chi connectivity index (χ0) is 10.6. The van der Waals surface area contributed by atoms with E-state index < -0.39 is 0 Å². The molecule has 0 bridgehead atoms. The number of hydrazone groups is 1. The Labute approximate surface area is 88.0 Å². The predicted molar refractivity (Wildman–Crippen MR) is 63.0 cm³/mol. The lowest BCUT2D eigenvalue weighted by molar-refractivity contribution is 1.03. The number of anilines is 1. The van der Waals surface area contributed by atoms with E-state index in [0.717, 1.165) is 11.3 Å². The van der Waals surface area contributed by atoms with Gasteiger partial charge in [0.05, 0.1) is 5.71 Å². The van der Waals surface area contributed by atoms with E-state index in [9.17, 15) is 0 Å². The van der Waals surface area contributed by atoms with Crippen molar-refractivity contribution in [3.8, 4) is 0 Å². The maximum atomic E-state index is 5.63. The molecule has 0 atom stereocenters. The molecule has 4 nitrogen and oxygen atoms in total. The smallest absolute Gasteiger partial charge is 0.184 e. The molecular weight excluding hydrogens is 196 g/mol. The highest BCUT2D eigenvalue weighted by Crippen LogP contribution is 2.07. The molecule has 14 heavy (non-hydrogen) atoms. The zero-order valence-electron chi connectivity index (χ0n) is 7.82. The zero-order valence-corrected chi connectivity index (χ0v) is 8.64. The van der Waals surface area contributed by atoms with Crippen LogP contribution >= 0.6 is 12.2 Å². The van der Waals surface area contributed by atoms with Crippen molar-refractivity contribution in [3.05, 3.63) is 29.8 Å². The fourth-order valence-electron chi connectivity index (χ4n) is 0.967. The molecule has 0 radical (unpaired) electrons. The summed E-state index contributed by atoms with van der Waals surface area (Å²) < 4.78 is 0. The molecule has 0 aliphatic rings. The largest absolute Gasteiger partial charge is 0.399 e. The van der Waals surface area contributed by atoms with Crippen LogP contribution in [-0.2, 0) is 0 Å². The Morgan fingerprint density at radius 1 is 1.50 bits per heavy atom. The highest BCUT2D eigenvalue weighted by molar-refractivity contribution is 7.80. The van der Waals surface area contributed by atoms with Crippen LogP contribution in [0.5, 0.6) is 0 Å². The van der Waals surface area contributed by atoms with Crippen molar-refractivity contribution < 1.29 is 0 Å².